The minimum absolute atomic E-state index is 0.195. The van der Waals surface area contributed by atoms with Crippen LogP contribution in [0.1, 0.15) is 22.3 Å². The summed E-state index contributed by atoms with van der Waals surface area (Å²) >= 11 is 0. The predicted octanol–water partition coefficient (Wildman–Crippen LogP) is 3.82. The molecule has 0 heterocycles. The van der Waals surface area contributed by atoms with E-state index in [1.165, 1.54) is 5.56 Å². The van der Waals surface area contributed by atoms with Crippen LogP contribution in [0.2, 0.25) is 32.7 Å². The highest BCUT2D eigenvalue weighted by molar-refractivity contribution is 7.37. The van der Waals surface area contributed by atoms with Gasteiger partial charge in [0.1, 0.15) is 6.10 Å². The molecule has 0 saturated carbocycles. The Kier molecular flexibility index (Phi) is 3.86. The van der Waals surface area contributed by atoms with Crippen molar-refractivity contribution in [3.63, 3.8) is 0 Å². The number of aryl methyl sites for hydroxylation is 1. The topological polar surface area (TPSA) is 26.3 Å². The van der Waals surface area contributed by atoms with Gasteiger partial charge in [-0.3, -0.25) is 4.79 Å². The van der Waals surface area contributed by atoms with Gasteiger partial charge in [0.2, 0.25) is 0 Å². The standard InChI is InChI=1S/C15H24O2Si2/c1-18(2,3)19(4,5)17-14-11-10-12-8-6-7-9-13(12)15(14)16/h6-9,14H,10-11H2,1-5H3. The van der Waals surface area contributed by atoms with Crippen LogP contribution in [0.5, 0.6) is 0 Å². The van der Waals surface area contributed by atoms with Crippen LogP contribution in [-0.2, 0) is 10.8 Å². The smallest absolute Gasteiger partial charge is 0.190 e. The molecule has 0 bridgehead atoms. The number of Topliss-reactive ketones (excluding diaryl/α,β-unsaturated/α-hetero) is 1. The Balaban J connectivity index is 2.20. The van der Waals surface area contributed by atoms with Gasteiger partial charge < -0.3 is 4.43 Å². The summed E-state index contributed by atoms with van der Waals surface area (Å²) in [5.41, 5.74) is 2.05. The van der Waals surface area contributed by atoms with Crippen LogP contribution >= 0.6 is 0 Å². The van der Waals surface area contributed by atoms with E-state index in [4.69, 9.17) is 4.43 Å². The molecule has 1 aromatic rings. The van der Waals surface area contributed by atoms with Crippen molar-refractivity contribution >= 4 is 21.2 Å². The minimum Gasteiger partial charge on any atom is -0.410 e. The molecule has 19 heavy (non-hydrogen) atoms. The molecule has 2 rings (SSSR count). The highest BCUT2D eigenvalue weighted by Gasteiger charge is 2.42. The maximum Gasteiger partial charge on any atom is 0.190 e. The zero-order valence-corrected chi connectivity index (χ0v) is 14.6. The fourth-order valence-electron chi connectivity index (χ4n) is 2.21. The molecule has 2 nitrogen and oxygen atoms in total. The molecule has 0 fully saturated rings. The molecule has 1 aliphatic carbocycles. The van der Waals surface area contributed by atoms with E-state index in [0.29, 0.717) is 0 Å². The van der Waals surface area contributed by atoms with Crippen molar-refractivity contribution in [3.05, 3.63) is 35.4 Å². The van der Waals surface area contributed by atoms with E-state index in [0.717, 1.165) is 18.4 Å². The third-order valence-corrected chi connectivity index (χ3v) is 20.2. The third kappa shape index (κ3) is 2.90. The molecule has 0 aliphatic heterocycles. The van der Waals surface area contributed by atoms with E-state index >= 15 is 0 Å². The summed E-state index contributed by atoms with van der Waals surface area (Å²) in [4.78, 5) is 12.5. The fraction of sp³-hybridized carbons (Fsp3) is 0.533. The van der Waals surface area contributed by atoms with Gasteiger partial charge in [-0.15, -0.1) is 0 Å². The van der Waals surface area contributed by atoms with Crippen molar-refractivity contribution < 1.29 is 9.22 Å². The molecule has 1 unspecified atom stereocenters. The van der Waals surface area contributed by atoms with E-state index in [-0.39, 0.29) is 11.9 Å². The number of benzene rings is 1. The lowest BCUT2D eigenvalue weighted by Crippen LogP contribution is -2.57. The summed E-state index contributed by atoms with van der Waals surface area (Å²) in [6.07, 6.45) is 1.60. The number of hydrogen-bond acceptors (Lipinski definition) is 2. The zero-order valence-electron chi connectivity index (χ0n) is 12.6. The summed E-state index contributed by atoms with van der Waals surface area (Å²) in [6, 6.07) is 7.95. The van der Waals surface area contributed by atoms with Gasteiger partial charge >= 0.3 is 0 Å². The number of fused-ring (bicyclic) bond motifs is 1. The van der Waals surface area contributed by atoms with Gasteiger partial charge in [-0.1, -0.05) is 43.9 Å². The van der Waals surface area contributed by atoms with E-state index in [9.17, 15) is 4.79 Å². The summed E-state index contributed by atoms with van der Waals surface area (Å²) in [5.74, 6) is 0.195. The van der Waals surface area contributed by atoms with Crippen LogP contribution in [0.4, 0.5) is 0 Å². The second-order valence-corrected chi connectivity index (χ2v) is 22.8. The van der Waals surface area contributed by atoms with Gasteiger partial charge in [-0.05, 0) is 31.5 Å². The Bertz CT molecular complexity index is 489. The van der Waals surface area contributed by atoms with Gasteiger partial charge in [0.15, 0.2) is 13.6 Å². The number of ketones is 1. The quantitative estimate of drug-likeness (QED) is 0.792. The monoisotopic (exact) mass is 292 g/mol. The zero-order chi connectivity index (χ0) is 14.3. The molecule has 0 aromatic heterocycles. The first-order valence-electron chi connectivity index (χ1n) is 7.02. The lowest BCUT2D eigenvalue weighted by atomic mass is 9.89. The maximum absolute atomic E-state index is 12.5. The molecule has 4 heteroatoms. The lowest BCUT2D eigenvalue weighted by Gasteiger charge is -2.38. The van der Waals surface area contributed by atoms with Crippen molar-refractivity contribution in [2.24, 2.45) is 0 Å². The normalized spacial score (nSPS) is 20.3. The van der Waals surface area contributed by atoms with Crippen LogP contribution in [-0.4, -0.2) is 27.3 Å². The molecule has 0 amide bonds. The molecule has 1 aliphatic rings. The van der Waals surface area contributed by atoms with E-state index < -0.39 is 15.4 Å². The highest BCUT2D eigenvalue weighted by atomic mass is 29.3. The number of rotatable bonds is 3. The van der Waals surface area contributed by atoms with Gasteiger partial charge in [0.05, 0.1) is 7.59 Å². The van der Waals surface area contributed by atoms with Gasteiger partial charge in [0, 0.05) is 5.56 Å². The van der Waals surface area contributed by atoms with E-state index in [1.54, 1.807) is 0 Å². The molecular formula is C15H24O2Si2. The highest BCUT2D eigenvalue weighted by Crippen LogP contribution is 2.28. The average Bonchev–Trinajstić information content (AvgIpc) is 2.31. The Labute approximate surface area is 118 Å². The first kappa shape index (κ1) is 14.7. The van der Waals surface area contributed by atoms with E-state index in [2.05, 4.69) is 38.8 Å². The maximum atomic E-state index is 12.5. The summed E-state index contributed by atoms with van der Waals surface area (Å²) in [7, 11) is -3.06. The van der Waals surface area contributed by atoms with Crippen LogP contribution in [0, 0.1) is 0 Å². The number of carbonyl (C=O) groups is 1. The molecule has 0 radical (unpaired) electrons. The van der Waals surface area contributed by atoms with Crippen molar-refractivity contribution in [2.45, 2.75) is 51.7 Å². The molecule has 104 valence electrons. The molecular weight excluding hydrogens is 268 g/mol. The SMILES string of the molecule is C[Si](C)(C)[Si](C)(C)OC1CCc2ccccc2C1=O. The Morgan fingerprint density at radius 2 is 1.74 bits per heavy atom. The van der Waals surface area contributed by atoms with Crippen molar-refractivity contribution in [1.82, 2.24) is 0 Å². The first-order chi connectivity index (χ1) is 8.72. The van der Waals surface area contributed by atoms with Gasteiger partial charge in [-0.25, -0.2) is 0 Å². The summed E-state index contributed by atoms with van der Waals surface area (Å²) in [5, 5.41) is 0. The van der Waals surface area contributed by atoms with Crippen LogP contribution < -0.4 is 0 Å². The predicted molar refractivity (Wildman–Crippen MR) is 84.8 cm³/mol. The largest absolute Gasteiger partial charge is 0.410 e. The third-order valence-electron chi connectivity index (χ3n) is 4.49. The summed E-state index contributed by atoms with van der Waals surface area (Å²) < 4.78 is 6.36. The van der Waals surface area contributed by atoms with E-state index in [1.807, 2.05) is 18.2 Å². The summed E-state index contributed by atoms with van der Waals surface area (Å²) in [6.45, 7) is 11.6. The Morgan fingerprint density at radius 1 is 1.11 bits per heavy atom. The minimum atomic E-state index is -1.74. The molecule has 1 aromatic carbocycles. The van der Waals surface area contributed by atoms with Crippen molar-refractivity contribution in [3.8, 4) is 0 Å². The Hall–Kier alpha value is -0.716. The average molecular weight is 293 g/mol. The fourth-order valence-corrected chi connectivity index (χ4v) is 4.99. The van der Waals surface area contributed by atoms with Crippen LogP contribution in [0.25, 0.3) is 0 Å². The van der Waals surface area contributed by atoms with Gasteiger partial charge in [-0.2, -0.15) is 0 Å². The van der Waals surface area contributed by atoms with Crippen LogP contribution in [0.3, 0.4) is 0 Å². The number of hydrogen-bond donors (Lipinski definition) is 0. The van der Waals surface area contributed by atoms with Crippen molar-refractivity contribution in [1.29, 1.82) is 0 Å². The van der Waals surface area contributed by atoms with Crippen LogP contribution in [0.15, 0.2) is 24.3 Å². The second kappa shape index (κ2) is 5.00. The molecule has 0 spiro atoms. The lowest BCUT2D eigenvalue weighted by molar-refractivity contribution is 0.0754. The molecule has 0 N–H and O–H groups in total. The van der Waals surface area contributed by atoms with Gasteiger partial charge in [0.25, 0.3) is 0 Å². The molecule has 0 saturated heterocycles. The Morgan fingerprint density at radius 3 is 2.37 bits per heavy atom. The first-order valence-corrected chi connectivity index (χ1v) is 14.4. The second-order valence-electron chi connectivity index (χ2n) is 6.93. The molecule has 1 atom stereocenters. The van der Waals surface area contributed by atoms with Crippen molar-refractivity contribution in [2.75, 3.05) is 0 Å². The number of carbonyl (C=O) groups excluding carboxylic acids is 1.